The number of carbonyl (C=O) groups excluding carboxylic acids is 2. The topological polar surface area (TPSA) is 95.9 Å². The van der Waals surface area contributed by atoms with E-state index in [0.29, 0.717) is 0 Å². The zero-order valence-electron chi connectivity index (χ0n) is 5.90. The van der Waals surface area contributed by atoms with Crippen LogP contribution >= 0.6 is 0 Å². The molecule has 3 N–H and O–H groups in total. The van der Waals surface area contributed by atoms with Gasteiger partial charge in [0.2, 0.25) is 5.81 Å². The predicted octanol–water partition coefficient (Wildman–Crippen LogP) is -2.08. The molecule has 0 aromatic rings. The second-order valence-electron chi connectivity index (χ2n) is 1.67. The van der Waals surface area contributed by atoms with Crippen molar-refractivity contribution in [1.82, 2.24) is 5.32 Å². The fourth-order valence-electron chi connectivity index (χ4n) is 0.323. The zero-order chi connectivity index (χ0) is 8.85. The monoisotopic (exact) mass is 161 g/mol. The molecule has 6 nitrogen and oxygen atoms in total. The summed E-state index contributed by atoms with van der Waals surface area (Å²) in [5, 5.41) is 18.3. The van der Waals surface area contributed by atoms with E-state index in [1.807, 2.05) is 5.32 Å². The van der Waals surface area contributed by atoms with E-state index in [4.69, 9.17) is 10.0 Å². The van der Waals surface area contributed by atoms with Crippen LogP contribution in [0.25, 0.3) is 0 Å². The van der Waals surface area contributed by atoms with E-state index in [-0.39, 0.29) is 6.54 Å². The highest BCUT2D eigenvalue weighted by molar-refractivity contribution is 6.78. The van der Waals surface area contributed by atoms with E-state index in [1.54, 1.807) is 0 Å². The standard InChI is InChI=1S/C4H8BNO5/c1-11-3(7)2-6-4(8)5(9)10/h9-10H,2H2,1H3,(H,6,8). The van der Waals surface area contributed by atoms with Crippen LogP contribution in [0.15, 0.2) is 0 Å². The van der Waals surface area contributed by atoms with Gasteiger partial charge in [-0.2, -0.15) is 0 Å². The Bertz CT molecular complexity index is 159. The summed E-state index contributed by atoms with van der Waals surface area (Å²) in [5.74, 6) is -1.69. The van der Waals surface area contributed by atoms with Gasteiger partial charge in [0.15, 0.2) is 0 Å². The molecule has 0 fully saturated rings. The van der Waals surface area contributed by atoms with Crippen LogP contribution in [0, 0.1) is 0 Å². The second kappa shape index (κ2) is 4.70. The Morgan fingerprint density at radius 3 is 2.45 bits per heavy atom. The van der Waals surface area contributed by atoms with Crippen molar-refractivity contribution in [3.8, 4) is 0 Å². The van der Waals surface area contributed by atoms with Crippen molar-refractivity contribution in [3.63, 3.8) is 0 Å². The number of esters is 1. The van der Waals surface area contributed by atoms with Gasteiger partial charge in [-0.3, -0.25) is 9.59 Å². The summed E-state index contributed by atoms with van der Waals surface area (Å²) < 4.78 is 4.16. The molecule has 0 aromatic carbocycles. The highest BCUT2D eigenvalue weighted by Crippen LogP contribution is 1.74. The molecule has 0 saturated carbocycles. The predicted molar refractivity (Wildman–Crippen MR) is 35.6 cm³/mol. The average Bonchev–Trinajstić information content (AvgIpc) is 1.99. The number of carbonyl (C=O) groups is 2. The number of methoxy groups -OCH3 is 1. The molecule has 0 atom stereocenters. The first-order chi connectivity index (χ1) is 5.07. The van der Waals surface area contributed by atoms with Gasteiger partial charge < -0.3 is 20.1 Å². The van der Waals surface area contributed by atoms with Crippen molar-refractivity contribution in [2.45, 2.75) is 0 Å². The third-order valence-electron chi connectivity index (χ3n) is 0.869. The van der Waals surface area contributed by atoms with E-state index >= 15 is 0 Å². The van der Waals surface area contributed by atoms with Gasteiger partial charge in [-0.25, -0.2) is 0 Å². The normalized spacial score (nSPS) is 8.64. The smallest absolute Gasteiger partial charge is 0.468 e. The lowest BCUT2D eigenvalue weighted by Gasteiger charge is -2.01. The number of rotatable bonds is 3. The molecule has 0 bridgehead atoms. The molecule has 0 aliphatic rings. The van der Waals surface area contributed by atoms with E-state index in [9.17, 15) is 9.59 Å². The molecule has 7 heteroatoms. The number of ether oxygens (including phenoxy) is 1. The Balaban J connectivity index is 3.54. The maximum absolute atomic E-state index is 10.3. The first-order valence-corrected chi connectivity index (χ1v) is 2.78. The van der Waals surface area contributed by atoms with Crippen molar-refractivity contribution >= 4 is 18.9 Å². The van der Waals surface area contributed by atoms with E-state index in [1.165, 1.54) is 0 Å². The van der Waals surface area contributed by atoms with Crippen LogP contribution in [0.4, 0.5) is 4.79 Å². The molecule has 1 amide bonds. The van der Waals surface area contributed by atoms with Gasteiger partial charge in [-0.05, 0) is 0 Å². The number of hydrogen-bond acceptors (Lipinski definition) is 5. The molecule has 0 aliphatic carbocycles. The van der Waals surface area contributed by atoms with E-state index < -0.39 is 18.9 Å². The number of amides is 1. The van der Waals surface area contributed by atoms with Crippen LogP contribution in [0.3, 0.4) is 0 Å². The Morgan fingerprint density at radius 1 is 1.55 bits per heavy atom. The van der Waals surface area contributed by atoms with Crippen LogP contribution in [-0.4, -0.2) is 42.6 Å². The van der Waals surface area contributed by atoms with Gasteiger partial charge in [0.1, 0.15) is 6.54 Å². The van der Waals surface area contributed by atoms with Crippen molar-refractivity contribution in [1.29, 1.82) is 0 Å². The summed E-state index contributed by atoms with van der Waals surface area (Å²) in [6.07, 6.45) is 0. The van der Waals surface area contributed by atoms with Gasteiger partial charge in [0.25, 0.3) is 0 Å². The summed E-state index contributed by atoms with van der Waals surface area (Å²) in [4.78, 5) is 20.7. The molecular formula is C4H8BNO5. The summed E-state index contributed by atoms with van der Waals surface area (Å²) in [6, 6.07) is 0. The van der Waals surface area contributed by atoms with Gasteiger partial charge >= 0.3 is 13.1 Å². The van der Waals surface area contributed by atoms with Crippen molar-refractivity contribution in [3.05, 3.63) is 0 Å². The minimum Gasteiger partial charge on any atom is -0.468 e. The highest BCUT2D eigenvalue weighted by Gasteiger charge is 2.19. The molecule has 0 aromatic heterocycles. The van der Waals surface area contributed by atoms with Gasteiger partial charge in [-0.15, -0.1) is 0 Å². The molecule has 0 unspecified atom stereocenters. The van der Waals surface area contributed by atoms with Gasteiger partial charge in [0, 0.05) is 0 Å². The third-order valence-corrected chi connectivity index (χ3v) is 0.869. The summed E-state index contributed by atoms with van der Waals surface area (Å²) in [6.45, 7) is -0.368. The fourth-order valence-corrected chi connectivity index (χ4v) is 0.323. The lowest BCUT2D eigenvalue weighted by molar-refractivity contribution is -0.139. The molecule has 62 valence electrons. The molecule has 0 aliphatic heterocycles. The zero-order valence-corrected chi connectivity index (χ0v) is 5.90. The molecule has 0 heterocycles. The van der Waals surface area contributed by atoms with Crippen molar-refractivity contribution in [2.24, 2.45) is 0 Å². The molecule has 0 radical (unpaired) electrons. The summed E-state index contributed by atoms with van der Waals surface area (Å²) in [7, 11) is -0.941. The van der Waals surface area contributed by atoms with Crippen molar-refractivity contribution < 1.29 is 24.4 Å². The lowest BCUT2D eigenvalue weighted by Crippen LogP contribution is -2.39. The third kappa shape index (κ3) is 4.34. The molecule has 0 saturated heterocycles. The van der Waals surface area contributed by atoms with Crippen LogP contribution in [0.2, 0.25) is 0 Å². The highest BCUT2D eigenvalue weighted by atomic mass is 16.5. The largest absolute Gasteiger partial charge is 0.551 e. The Kier molecular flexibility index (Phi) is 4.24. The van der Waals surface area contributed by atoms with E-state index in [0.717, 1.165) is 7.11 Å². The van der Waals surface area contributed by atoms with Crippen LogP contribution < -0.4 is 5.32 Å². The molecule has 0 spiro atoms. The summed E-state index contributed by atoms with van der Waals surface area (Å²) >= 11 is 0. The molecule has 11 heavy (non-hydrogen) atoms. The second-order valence-corrected chi connectivity index (χ2v) is 1.67. The van der Waals surface area contributed by atoms with Crippen LogP contribution in [-0.2, 0) is 9.53 Å². The fraction of sp³-hybridized carbons (Fsp3) is 0.500. The Hall–Kier alpha value is -1.08. The number of nitrogens with one attached hydrogen (secondary N) is 1. The minimum absolute atomic E-state index is 0.368. The quantitative estimate of drug-likeness (QED) is 0.326. The van der Waals surface area contributed by atoms with Crippen LogP contribution in [0.1, 0.15) is 0 Å². The maximum Gasteiger partial charge on any atom is 0.551 e. The molecular weight excluding hydrogens is 153 g/mol. The Labute approximate surface area is 63.3 Å². The van der Waals surface area contributed by atoms with Crippen LogP contribution in [0.5, 0.6) is 0 Å². The molecule has 0 rings (SSSR count). The lowest BCUT2D eigenvalue weighted by atomic mass is 9.91. The van der Waals surface area contributed by atoms with Gasteiger partial charge in [-0.1, -0.05) is 0 Å². The summed E-state index contributed by atoms with van der Waals surface area (Å²) in [5.41, 5.74) is 0. The minimum atomic E-state index is -2.10. The first kappa shape index (κ1) is 9.92. The average molecular weight is 161 g/mol. The Morgan fingerprint density at radius 2 is 2.09 bits per heavy atom. The van der Waals surface area contributed by atoms with Gasteiger partial charge in [0.05, 0.1) is 7.11 Å². The maximum atomic E-state index is 10.3. The van der Waals surface area contributed by atoms with E-state index in [2.05, 4.69) is 4.74 Å². The first-order valence-electron chi connectivity index (χ1n) is 2.78. The SMILES string of the molecule is COC(=O)CNC(=O)B(O)O. The number of hydrogen-bond donors (Lipinski definition) is 3. The van der Waals surface area contributed by atoms with Crippen molar-refractivity contribution in [2.75, 3.05) is 13.7 Å².